The van der Waals surface area contributed by atoms with E-state index in [4.69, 9.17) is 10.5 Å². The number of ether oxygens (including phenoxy) is 1. The number of nitrogens with one attached hydrogen (secondary N) is 3. The van der Waals surface area contributed by atoms with Gasteiger partial charge < -0.3 is 31.0 Å². The molecule has 1 aromatic heterocycles. The Morgan fingerprint density at radius 1 is 1.09 bits per heavy atom. The average molecular weight is 495 g/mol. The van der Waals surface area contributed by atoms with Gasteiger partial charge in [-0.05, 0) is 36.4 Å². The number of anilines is 3. The Labute approximate surface area is 197 Å². The average Bonchev–Trinajstić information content (AvgIpc) is 3.16. The van der Waals surface area contributed by atoms with Crippen molar-refractivity contribution in [3.05, 3.63) is 65.9 Å². The molecule has 2 amide bonds. The predicted molar refractivity (Wildman–Crippen MR) is 121 cm³/mol. The molecule has 4 rings (SSSR count). The molecule has 3 aromatic rings. The number of aromatic nitrogens is 1. The van der Waals surface area contributed by atoms with Gasteiger partial charge in [0.05, 0.1) is 47.6 Å². The molecule has 1 unspecified atom stereocenters. The zero-order valence-electron chi connectivity index (χ0n) is 18.3. The second-order valence-electron chi connectivity index (χ2n) is 7.94. The Morgan fingerprint density at radius 2 is 1.86 bits per heavy atom. The quantitative estimate of drug-likeness (QED) is 0.387. The Bertz CT molecular complexity index is 1220. The molecule has 5 N–H and O–H groups in total. The summed E-state index contributed by atoms with van der Waals surface area (Å²) in [7, 11) is 0. The van der Waals surface area contributed by atoms with Crippen molar-refractivity contribution in [3.8, 4) is 11.3 Å². The lowest BCUT2D eigenvalue weighted by molar-refractivity contribution is -0.137. The minimum atomic E-state index is -4.72. The van der Waals surface area contributed by atoms with Crippen LogP contribution in [0.1, 0.15) is 5.56 Å². The first-order valence-corrected chi connectivity index (χ1v) is 10.6. The monoisotopic (exact) mass is 495 g/mol. The highest BCUT2D eigenvalue weighted by molar-refractivity contribution is 6.00. The van der Waals surface area contributed by atoms with Gasteiger partial charge in [-0.3, -0.25) is 0 Å². The van der Waals surface area contributed by atoms with Crippen LogP contribution in [0.2, 0.25) is 0 Å². The minimum absolute atomic E-state index is 0.0833. The van der Waals surface area contributed by atoms with Crippen molar-refractivity contribution in [1.29, 1.82) is 0 Å². The van der Waals surface area contributed by atoms with Crippen LogP contribution in [0.25, 0.3) is 11.3 Å². The highest BCUT2D eigenvalue weighted by Crippen LogP contribution is 2.33. The fraction of sp³-hybridized carbons (Fsp3) is 0.261. The van der Waals surface area contributed by atoms with Crippen LogP contribution >= 0.6 is 0 Å². The number of urea groups is 1. The maximum absolute atomic E-state index is 14.8. The summed E-state index contributed by atoms with van der Waals surface area (Å²) in [6, 6.07) is 6.15. The molecule has 1 saturated heterocycles. The molecular weight excluding hydrogens is 473 g/mol. The fourth-order valence-corrected chi connectivity index (χ4v) is 3.77. The van der Waals surface area contributed by atoms with Crippen LogP contribution in [0.5, 0.6) is 0 Å². The number of nitrogens with zero attached hydrogens (tertiary/aromatic N) is 1. The van der Waals surface area contributed by atoms with E-state index in [0.29, 0.717) is 54.8 Å². The molecule has 35 heavy (non-hydrogen) atoms. The van der Waals surface area contributed by atoms with Gasteiger partial charge in [-0.15, -0.1) is 0 Å². The maximum atomic E-state index is 14.8. The van der Waals surface area contributed by atoms with Crippen molar-refractivity contribution in [2.45, 2.75) is 18.8 Å². The number of morpholine rings is 1. The summed E-state index contributed by atoms with van der Waals surface area (Å²) in [6.07, 6.45) is -3.04. The number of nitrogen functional groups attached to an aromatic ring is 1. The molecule has 0 spiro atoms. The topological polar surface area (TPSA) is 93.3 Å². The smallest absolute Gasteiger partial charge is 0.397 e. The highest BCUT2D eigenvalue weighted by atomic mass is 19.4. The molecule has 1 aliphatic heterocycles. The van der Waals surface area contributed by atoms with Crippen LogP contribution in [-0.2, 0) is 17.5 Å². The maximum Gasteiger partial charge on any atom is 0.416 e. The summed E-state index contributed by atoms with van der Waals surface area (Å²) in [5.41, 5.74) is 5.45. The van der Waals surface area contributed by atoms with Crippen molar-refractivity contribution in [3.63, 3.8) is 0 Å². The Kier molecular flexibility index (Phi) is 6.94. The van der Waals surface area contributed by atoms with Gasteiger partial charge in [0.2, 0.25) is 0 Å². The zero-order chi connectivity index (χ0) is 25.2. The lowest BCUT2D eigenvalue weighted by atomic mass is 10.1. The molecular formula is C23H22F5N5O2. The van der Waals surface area contributed by atoms with Crippen molar-refractivity contribution < 1.29 is 31.5 Å². The summed E-state index contributed by atoms with van der Waals surface area (Å²) in [6.45, 7) is 2.51. The molecule has 186 valence electrons. The highest BCUT2D eigenvalue weighted by Gasteiger charge is 2.31. The molecule has 1 aliphatic rings. The second-order valence-corrected chi connectivity index (χ2v) is 7.94. The summed E-state index contributed by atoms with van der Waals surface area (Å²) < 4.78 is 74.8. The molecule has 0 bridgehead atoms. The largest absolute Gasteiger partial charge is 0.416 e. The van der Waals surface area contributed by atoms with E-state index in [9.17, 15) is 26.7 Å². The van der Waals surface area contributed by atoms with Crippen LogP contribution in [0.4, 0.5) is 43.8 Å². The molecule has 12 heteroatoms. The lowest BCUT2D eigenvalue weighted by Crippen LogP contribution is -2.40. The van der Waals surface area contributed by atoms with Crippen LogP contribution in [-0.4, -0.2) is 36.4 Å². The summed E-state index contributed by atoms with van der Waals surface area (Å²) >= 11 is 0. The number of carbonyl (C=O) groups is 1. The number of amides is 2. The van der Waals surface area contributed by atoms with E-state index >= 15 is 0 Å². The number of hydrogen-bond acceptors (Lipinski definition) is 4. The van der Waals surface area contributed by atoms with E-state index in [1.54, 1.807) is 12.3 Å². The standard InChI is InChI=1S/C23H22F5N5O2/c24-16-3-2-14(23(26,27)28)10-20(16)32-22(34)31-19-4-1-13(9-17(19)25)21-18(29)5-7-33(21)12-15-11-30-6-8-35-15/h1-5,7,9-10,15,30H,6,8,11-12,29H2,(H2,31,32,34). The number of halogens is 5. The fourth-order valence-electron chi connectivity index (χ4n) is 3.77. The lowest BCUT2D eigenvalue weighted by Gasteiger charge is -2.25. The molecule has 2 aromatic carbocycles. The van der Waals surface area contributed by atoms with E-state index in [-0.39, 0.29) is 11.8 Å². The SMILES string of the molecule is Nc1ccn(CC2CNCCO2)c1-c1ccc(NC(=O)Nc2cc(C(F)(F)F)ccc2F)c(F)c1. The molecule has 1 atom stereocenters. The van der Waals surface area contributed by atoms with Gasteiger partial charge >= 0.3 is 12.2 Å². The van der Waals surface area contributed by atoms with Crippen LogP contribution in [0, 0.1) is 11.6 Å². The number of rotatable bonds is 5. The van der Waals surface area contributed by atoms with Crippen molar-refractivity contribution in [2.24, 2.45) is 0 Å². The molecule has 2 heterocycles. The van der Waals surface area contributed by atoms with Crippen LogP contribution in [0.15, 0.2) is 48.7 Å². The van der Waals surface area contributed by atoms with Crippen molar-refractivity contribution >= 4 is 23.1 Å². The molecule has 0 aliphatic carbocycles. The van der Waals surface area contributed by atoms with Gasteiger partial charge in [0.1, 0.15) is 11.6 Å². The van der Waals surface area contributed by atoms with Gasteiger partial charge in [0, 0.05) is 24.8 Å². The summed E-state index contributed by atoms with van der Waals surface area (Å²) in [4.78, 5) is 12.2. The van der Waals surface area contributed by atoms with E-state index in [1.807, 2.05) is 9.88 Å². The van der Waals surface area contributed by atoms with E-state index in [2.05, 4.69) is 10.6 Å². The third kappa shape index (κ3) is 5.72. The number of carbonyl (C=O) groups excluding carboxylic acids is 1. The summed E-state index contributed by atoms with van der Waals surface area (Å²) in [5.74, 6) is -1.89. The second kappa shape index (κ2) is 9.92. The number of benzene rings is 2. The third-order valence-electron chi connectivity index (χ3n) is 5.43. The number of nitrogens with two attached hydrogens (primary N) is 1. The summed E-state index contributed by atoms with van der Waals surface area (Å²) in [5, 5.41) is 7.37. The first kappa shape index (κ1) is 24.5. The molecule has 1 fully saturated rings. The molecule has 0 saturated carbocycles. The van der Waals surface area contributed by atoms with E-state index < -0.39 is 35.1 Å². The minimum Gasteiger partial charge on any atom is -0.397 e. The van der Waals surface area contributed by atoms with E-state index in [1.165, 1.54) is 18.2 Å². The van der Waals surface area contributed by atoms with Crippen LogP contribution < -0.4 is 21.7 Å². The molecule has 7 nitrogen and oxygen atoms in total. The zero-order valence-corrected chi connectivity index (χ0v) is 18.3. The third-order valence-corrected chi connectivity index (χ3v) is 5.43. The first-order chi connectivity index (χ1) is 16.6. The van der Waals surface area contributed by atoms with Gasteiger partial charge in [0.15, 0.2) is 0 Å². The normalized spacial score (nSPS) is 16.2. The van der Waals surface area contributed by atoms with E-state index in [0.717, 1.165) is 6.54 Å². The van der Waals surface area contributed by atoms with Gasteiger partial charge in [-0.2, -0.15) is 13.2 Å². The van der Waals surface area contributed by atoms with Crippen LogP contribution in [0.3, 0.4) is 0 Å². The van der Waals surface area contributed by atoms with Crippen molar-refractivity contribution in [2.75, 3.05) is 36.1 Å². The van der Waals surface area contributed by atoms with Gasteiger partial charge in [0.25, 0.3) is 0 Å². The predicted octanol–water partition coefficient (Wildman–Crippen LogP) is 4.67. The number of hydrogen-bond donors (Lipinski definition) is 4. The number of alkyl halides is 3. The molecule has 0 radical (unpaired) electrons. The van der Waals surface area contributed by atoms with Gasteiger partial charge in [-0.1, -0.05) is 6.07 Å². The Hall–Kier alpha value is -3.64. The van der Waals surface area contributed by atoms with Crippen molar-refractivity contribution in [1.82, 2.24) is 9.88 Å². The first-order valence-electron chi connectivity index (χ1n) is 10.6. The Balaban J connectivity index is 1.49. The Morgan fingerprint density at radius 3 is 2.54 bits per heavy atom. The van der Waals surface area contributed by atoms with Gasteiger partial charge in [-0.25, -0.2) is 13.6 Å².